The van der Waals surface area contributed by atoms with Crippen LogP contribution in [0.5, 0.6) is 0 Å². The molecule has 0 unspecified atom stereocenters. The summed E-state index contributed by atoms with van der Waals surface area (Å²) in [5.41, 5.74) is -0.417. The van der Waals surface area contributed by atoms with E-state index in [2.05, 4.69) is 0 Å². The molecule has 86 valence electrons. The van der Waals surface area contributed by atoms with Crippen molar-refractivity contribution in [3.05, 3.63) is 63.5 Å². The van der Waals surface area contributed by atoms with E-state index < -0.39 is 11.5 Å². The first-order valence-electron chi connectivity index (χ1n) is 4.81. The number of carbonyl (C=O) groups is 1. The molecular formula is C12H8ClNO3. The Kier molecular flexibility index (Phi) is 2.97. The number of nitrogens with zero attached hydrogens (tertiary/aromatic N) is 1. The number of aromatic carboxylic acids is 1. The fourth-order valence-electron chi connectivity index (χ4n) is 1.50. The summed E-state index contributed by atoms with van der Waals surface area (Å²) in [6.45, 7) is 0. The Balaban J connectivity index is 2.74. The summed E-state index contributed by atoms with van der Waals surface area (Å²) in [5, 5.41) is 9.04. The molecule has 0 saturated carbocycles. The largest absolute Gasteiger partial charge is 0.477 e. The van der Waals surface area contributed by atoms with Gasteiger partial charge in [-0.15, -0.1) is 0 Å². The highest BCUT2D eigenvalue weighted by Crippen LogP contribution is 2.13. The summed E-state index contributed by atoms with van der Waals surface area (Å²) in [6.07, 6.45) is 0. The SMILES string of the molecule is O=C(O)c1ccc(Cl)n(-c2ccccc2)c1=O. The number of carboxylic acids is 1. The Morgan fingerprint density at radius 3 is 2.35 bits per heavy atom. The Labute approximate surface area is 102 Å². The Hall–Kier alpha value is -2.07. The van der Waals surface area contributed by atoms with E-state index in [4.69, 9.17) is 16.7 Å². The number of aromatic nitrogens is 1. The van der Waals surface area contributed by atoms with Crippen molar-refractivity contribution in [3.63, 3.8) is 0 Å². The molecule has 0 fully saturated rings. The molecule has 0 bridgehead atoms. The van der Waals surface area contributed by atoms with Gasteiger partial charge in [-0.1, -0.05) is 29.8 Å². The normalized spacial score (nSPS) is 10.2. The molecule has 0 aliphatic carbocycles. The van der Waals surface area contributed by atoms with Gasteiger partial charge in [-0.2, -0.15) is 0 Å². The van der Waals surface area contributed by atoms with Crippen LogP contribution in [0.2, 0.25) is 5.15 Å². The Morgan fingerprint density at radius 2 is 1.76 bits per heavy atom. The zero-order chi connectivity index (χ0) is 12.4. The van der Waals surface area contributed by atoms with Crippen LogP contribution in [0.4, 0.5) is 0 Å². The summed E-state index contributed by atoms with van der Waals surface area (Å²) in [7, 11) is 0. The lowest BCUT2D eigenvalue weighted by Crippen LogP contribution is -2.25. The van der Waals surface area contributed by atoms with Crippen molar-refractivity contribution in [1.29, 1.82) is 0 Å². The van der Waals surface area contributed by atoms with Gasteiger partial charge in [-0.3, -0.25) is 9.36 Å². The maximum absolute atomic E-state index is 11.9. The van der Waals surface area contributed by atoms with E-state index in [9.17, 15) is 9.59 Å². The second-order valence-corrected chi connectivity index (χ2v) is 3.74. The molecule has 2 rings (SSSR count). The lowest BCUT2D eigenvalue weighted by molar-refractivity contribution is 0.0694. The number of benzene rings is 1. The van der Waals surface area contributed by atoms with Gasteiger partial charge in [-0.05, 0) is 24.3 Å². The van der Waals surface area contributed by atoms with Crippen molar-refractivity contribution in [2.24, 2.45) is 0 Å². The summed E-state index contributed by atoms with van der Waals surface area (Å²) < 4.78 is 1.16. The van der Waals surface area contributed by atoms with Crippen molar-refractivity contribution in [3.8, 4) is 5.69 Å². The monoisotopic (exact) mass is 249 g/mol. The van der Waals surface area contributed by atoms with Crippen LogP contribution in [-0.2, 0) is 0 Å². The zero-order valence-corrected chi connectivity index (χ0v) is 9.39. The van der Waals surface area contributed by atoms with Crippen molar-refractivity contribution >= 4 is 17.6 Å². The minimum Gasteiger partial charge on any atom is -0.477 e. The first-order valence-corrected chi connectivity index (χ1v) is 5.19. The van der Waals surface area contributed by atoms with E-state index in [1.54, 1.807) is 30.3 Å². The minimum atomic E-state index is -1.27. The van der Waals surface area contributed by atoms with Crippen LogP contribution in [0.1, 0.15) is 10.4 Å². The third-order valence-electron chi connectivity index (χ3n) is 2.28. The number of hydrogen-bond acceptors (Lipinski definition) is 2. The van der Waals surface area contributed by atoms with E-state index in [0.29, 0.717) is 5.69 Å². The average molecular weight is 250 g/mol. The van der Waals surface area contributed by atoms with Gasteiger partial charge in [0.15, 0.2) is 0 Å². The van der Waals surface area contributed by atoms with Crippen LogP contribution in [0.25, 0.3) is 5.69 Å². The van der Waals surface area contributed by atoms with Crippen LogP contribution in [0.3, 0.4) is 0 Å². The third-order valence-corrected chi connectivity index (χ3v) is 2.57. The molecule has 0 spiro atoms. The molecule has 0 amide bonds. The van der Waals surface area contributed by atoms with Gasteiger partial charge in [-0.25, -0.2) is 4.79 Å². The van der Waals surface area contributed by atoms with Gasteiger partial charge in [0, 0.05) is 0 Å². The second kappa shape index (κ2) is 4.43. The van der Waals surface area contributed by atoms with Gasteiger partial charge < -0.3 is 5.11 Å². The highest BCUT2D eigenvalue weighted by molar-refractivity contribution is 6.29. The molecule has 1 N–H and O–H groups in total. The van der Waals surface area contributed by atoms with Crippen molar-refractivity contribution in [2.75, 3.05) is 0 Å². The maximum atomic E-state index is 11.9. The highest BCUT2D eigenvalue weighted by Gasteiger charge is 2.13. The fraction of sp³-hybridized carbons (Fsp3) is 0. The molecular weight excluding hydrogens is 242 g/mol. The van der Waals surface area contributed by atoms with E-state index in [-0.39, 0.29) is 10.7 Å². The molecule has 0 atom stereocenters. The summed E-state index contributed by atoms with van der Waals surface area (Å²) >= 11 is 5.91. The average Bonchev–Trinajstić information content (AvgIpc) is 2.30. The van der Waals surface area contributed by atoms with Crippen LogP contribution < -0.4 is 5.56 Å². The molecule has 1 aromatic carbocycles. The zero-order valence-electron chi connectivity index (χ0n) is 8.63. The predicted molar refractivity (Wildman–Crippen MR) is 64.0 cm³/mol. The maximum Gasteiger partial charge on any atom is 0.341 e. The number of hydrogen-bond donors (Lipinski definition) is 1. The molecule has 0 saturated heterocycles. The Morgan fingerprint density at radius 1 is 1.12 bits per heavy atom. The molecule has 17 heavy (non-hydrogen) atoms. The quantitative estimate of drug-likeness (QED) is 0.830. The third kappa shape index (κ3) is 2.07. The summed E-state index contributed by atoms with van der Waals surface area (Å²) in [4.78, 5) is 22.8. The summed E-state index contributed by atoms with van der Waals surface area (Å²) in [5.74, 6) is -1.27. The topological polar surface area (TPSA) is 59.3 Å². The van der Waals surface area contributed by atoms with Crippen molar-refractivity contribution in [1.82, 2.24) is 4.57 Å². The van der Waals surface area contributed by atoms with Gasteiger partial charge in [0.2, 0.25) is 0 Å². The van der Waals surface area contributed by atoms with Gasteiger partial charge in [0.25, 0.3) is 5.56 Å². The molecule has 2 aromatic rings. The molecule has 0 radical (unpaired) electrons. The molecule has 0 aliphatic heterocycles. The Bertz CT molecular complexity index is 619. The van der Waals surface area contributed by atoms with Crippen molar-refractivity contribution in [2.45, 2.75) is 0 Å². The van der Waals surface area contributed by atoms with Crippen LogP contribution >= 0.6 is 11.6 Å². The number of halogens is 1. The number of para-hydroxylation sites is 1. The smallest absolute Gasteiger partial charge is 0.341 e. The molecule has 4 nitrogen and oxygen atoms in total. The number of rotatable bonds is 2. The van der Waals surface area contributed by atoms with Crippen LogP contribution in [0, 0.1) is 0 Å². The van der Waals surface area contributed by atoms with Crippen molar-refractivity contribution < 1.29 is 9.90 Å². The van der Waals surface area contributed by atoms with E-state index in [1.165, 1.54) is 12.1 Å². The second-order valence-electron chi connectivity index (χ2n) is 3.35. The molecule has 0 aliphatic rings. The van der Waals surface area contributed by atoms with Gasteiger partial charge in [0.05, 0.1) is 5.69 Å². The molecule has 1 aromatic heterocycles. The predicted octanol–water partition coefficient (Wildman–Crippen LogP) is 2.19. The van der Waals surface area contributed by atoms with E-state index in [0.717, 1.165) is 4.57 Å². The minimum absolute atomic E-state index is 0.172. The first kappa shape index (κ1) is 11.4. The highest BCUT2D eigenvalue weighted by atomic mass is 35.5. The van der Waals surface area contributed by atoms with Crippen LogP contribution in [0.15, 0.2) is 47.3 Å². The first-order chi connectivity index (χ1) is 8.11. The standard InChI is InChI=1S/C12H8ClNO3/c13-10-7-6-9(12(16)17)11(15)14(10)8-4-2-1-3-5-8/h1-7H,(H,16,17). The van der Waals surface area contributed by atoms with E-state index in [1.807, 2.05) is 0 Å². The lowest BCUT2D eigenvalue weighted by atomic mass is 10.2. The number of carboxylic acid groups (broad SMARTS) is 1. The lowest BCUT2D eigenvalue weighted by Gasteiger charge is -2.08. The van der Waals surface area contributed by atoms with Crippen LogP contribution in [-0.4, -0.2) is 15.6 Å². The van der Waals surface area contributed by atoms with E-state index >= 15 is 0 Å². The van der Waals surface area contributed by atoms with Gasteiger partial charge in [0.1, 0.15) is 10.7 Å². The van der Waals surface area contributed by atoms with Gasteiger partial charge >= 0.3 is 5.97 Å². The fourth-order valence-corrected chi connectivity index (χ4v) is 1.73. The molecule has 1 heterocycles. The molecule has 5 heteroatoms. The summed E-state index contributed by atoms with van der Waals surface area (Å²) in [6, 6.07) is 11.2. The number of pyridine rings is 1.